The third-order valence-corrected chi connectivity index (χ3v) is 4.28. The first-order chi connectivity index (χ1) is 13.0. The van der Waals surface area contributed by atoms with Crippen LogP contribution in [-0.2, 0) is 22.5 Å². The van der Waals surface area contributed by atoms with Crippen LogP contribution >= 0.6 is 0 Å². The SMILES string of the molecule is CCOC(=O)CCc1cn(Cc2cc(O)cc(O)c2)cc1-c1ccccc1. The average molecular weight is 365 g/mol. The molecular weight excluding hydrogens is 342 g/mol. The number of aryl methyl sites for hydroxylation is 1. The van der Waals surface area contributed by atoms with Gasteiger partial charge >= 0.3 is 5.97 Å². The van der Waals surface area contributed by atoms with Crippen LogP contribution in [0.4, 0.5) is 0 Å². The Balaban J connectivity index is 1.87. The Labute approximate surface area is 158 Å². The van der Waals surface area contributed by atoms with Gasteiger partial charge in [-0.25, -0.2) is 0 Å². The third-order valence-electron chi connectivity index (χ3n) is 4.28. The van der Waals surface area contributed by atoms with E-state index in [0.29, 0.717) is 26.0 Å². The third kappa shape index (κ3) is 4.91. The summed E-state index contributed by atoms with van der Waals surface area (Å²) in [5.41, 5.74) is 3.98. The average Bonchev–Trinajstić information content (AvgIpc) is 3.03. The maximum absolute atomic E-state index is 11.8. The van der Waals surface area contributed by atoms with E-state index in [-0.39, 0.29) is 17.5 Å². The molecule has 0 saturated carbocycles. The lowest BCUT2D eigenvalue weighted by molar-refractivity contribution is -0.143. The zero-order valence-corrected chi connectivity index (χ0v) is 15.3. The lowest BCUT2D eigenvalue weighted by Crippen LogP contribution is -2.05. The molecule has 3 aromatic rings. The van der Waals surface area contributed by atoms with Crippen molar-refractivity contribution in [3.05, 3.63) is 72.1 Å². The maximum Gasteiger partial charge on any atom is 0.306 e. The zero-order valence-electron chi connectivity index (χ0n) is 15.3. The lowest BCUT2D eigenvalue weighted by Gasteiger charge is -2.05. The second-order valence-corrected chi connectivity index (χ2v) is 6.40. The van der Waals surface area contributed by atoms with Crippen LogP contribution in [0.2, 0.25) is 0 Å². The molecule has 0 spiro atoms. The van der Waals surface area contributed by atoms with E-state index in [1.807, 2.05) is 47.3 Å². The first kappa shape index (κ1) is 18.6. The van der Waals surface area contributed by atoms with E-state index in [1.165, 1.54) is 6.07 Å². The molecule has 5 nitrogen and oxygen atoms in total. The van der Waals surface area contributed by atoms with Crippen LogP contribution in [0.25, 0.3) is 11.1 Å². The fourth-order valence-corrected chi connectivity index (χ4v) is 3.15. The largest absolute Gasteiger partial charge is 0.508 e. The summed E-state index contributed by atoms with van der Waals surface area (Å²) < 4.78 is 7.03. The fraction of sp³-hybridized carbons (Fsp3) is 0.227. The Morgan fingerprint density at radius 2 is 1.74 bits per heavy atom. The molecule has 0 bridgehead atoms. The second kappa shape index (κ2) is 8.45. The van der Waals surface area contributed by atoms with Gasteiger partial charge in [-0.15, -0.1) is 0 Å². The zero-order chi connectivity index (χ0) is 19.2. The topological polar surface area (TPSA) is 71.7 Å². The fourth-order valence-electron chi connectivity index (χ4n) is 3.15. The summed E-state index contributed by atoms with van der Waals surface area (Å²) >= 11 is 0. The minimum absolute atomic E-state index is 0.0305. The number of nitrogens with zero attached hydrogens (tertiary/aromatic N) is 1. The smallest absolute Gasteiger partial charge is 0.306 e. The highest BCUT2D eigenvalue weighted by molar-refractivity contribution is 5.72. The van der Waals surface area contributed by atoms with Crippen molar-refractivity contribution in [3.8, 4) is 22.6 Å². The van der Waals surface area contributed by atoms with Gasteiger partial charge in [-0.1, -0.05) is 30.3 Å². The van der Waals surface area contributed by atoms with Gasteiger partial charge in [0.15, 0.2) is 0 Å². The number of ether oxygens (including phenoxy) is 1. The standard InChI is InChI=1S/C22H23NO4/c1-2-27-22(26)9-8-18-14-23(13-16-10-19(24)12-20(25)11-16)15-21(18)17-6-4-3-5-7-17/h3-7,10-12,14-15,24-25H,2,8-9,13H2,1H3. The van der Waals surface area contributed by atoms with Crippen molar-refractivity contribution in [2.45, 2.75) is 26.3 Å². The Morgan fingerprint density at radius 1 is 1.04 bits per heavy atom. The number of hydrogen-bond donors (Lipinski definition) is 2. The number of hydrogen-bond acceptors (Lipinski definition) is 4. The number of phenolic OH excluding ortho intramolecular Hbond substituents is 2. The van der Waals surface area contributed by atoms with E-state index in [1.54, 1.807) is 19.1 Å². The van der Waals surface area contributed by atoms with E-state index < -0.39 is 0 Å². The molecule has 0 amide bonds. The van der Waals surface area contributed by atoms with Gasteiger partial charge in [-0.3, -0.25) is 4.79 Å². The molecule has 0 unspecified atom stereocenters. The minimum Gasteiger partial charge on any atom is -0.508 e. The minimum atomic E-state index is -0.206. The number of benzene rings is 2. The summed E-state index contributed by atoms with van der Waals surface area (Å²) in [5.74, 6) is -0.145. The highest BCUT2D eigenvalue weighted by Crippen LogP contribution is 2.27. The summed E-state index contributed by atoms with van der Waals surface area (Å²) in [6.07, 6.45) is 4.94. The van der Waals surface area contributed by atoms with E-state index >= 15 is 0 Å². The molecule has 1 heterocycles. The van der Waals surface area contributed by atoms with Crippen molar-refractivity contribution in [2.75, 3.05) is 6.61 Å². The van der Waals surface area contributed by atoms with Crippen LogP contribution in [-0.4, -0.2) is 27.4 Å². The molecule has 5 heteroatoms. The van der Waals surface area contributed by atoms with Gasteiger partial charge in [0.2, 0.25) is 0 Å². The number of rotatable bonds is 7. The summed E-state index contributed by atoms with van der Waals surface area (Å²) in [6.45, 7) is 2.68. The number of carbonyl (C=O) groups is 1. The number of phenols is 2. The molecule has 0 radical (unpaired) electrons. The van der Waals surface area contributed by atoms with Crippen molar-refractivity contribution in [1.29, 1.82) is 0 Å². The molecule has 0 atom stereocenters. The van der Waals surface area contributed by atoms with Gasteiger partial charge in [0.05, 0.1) is 6.61 Å². The quantitative estimate of drug-likeness (QED) is 0.618. The Bertz CT molecular complexity index is 895. The Morgan fingerprint density at radius 3 is 2.41 bits per heavy atom. The van der Waals surface area contributed by atoms with Gasteiger partial charge in [0.1, 0.15) is 11.5 Å². The molecule has 0 aliphatic carbocycles. The van der Waals surface area contributed by atoms with Crippen LogP contribution in [0.15, 0.2) is 60.9 Å². The molecule has 0 fully saturated rings. The second-order valence-electron chi connectivity index (χ2n) is 6.40. The number of carbonyl (C=O) groups excluding carboxylic acids is 1. The normalized spacial score (nSPS) is 10.7. The molecule has 0 aliphatic heterocycles. The van der Waals surface area contributed by atoms with Gasteiger partial charge in [-0.2, -0.15) is 0 Å². The predicted octanol–water partition coefficient (Wildman–Crippen LogP) is 4.11. The van der Waals surface area contributed by atoms with E-state index in [0.717, 1.165) is 22.3 Å². The van der Waals surface area contributed by atoms with Gasteiger partial charge in [0, 0.05) is 37.0 Å². The van der Waals surface area contributed by atoms with Crippen molar-refractivity contribution in [3.63, 3.8) is 0 Å². The monoisotopic (exact) mass is 365 g/mol. The lowest BCUT2D eigenvalue weighted by atomic mass is 10.0. The van der Waals surface area contributed by atoms with Crippen LogP contribution in [0, 0.1) is 0 Å². The van der Waals surface area contributed by atoms with Gasteiger partial charge in [-0.05, 0) is 42.2 Å². The molecule has 140 valence electrons. The molecular formula is C22H23NO4. The first-order valence-corrected chi connectivity index (χ1v) is 8.96. The molecule has 27 heavy (non-hydrogen) atoms. The van der Waals surface area contributed by atoms with Crippen molar-refractivity contribution < 1.29 is 19.7 Å². The van der Waals surface area contributed by atoms with Crippen LogP contribution in [0.3, 0.4) is 0 Å². The molecule has 1 aromatic heterocycles. The van der Waals surface area contributed by atoms with Crippen LogP contribution < -0.4 is 0 Å². The highest BCUT2D eigenvalue weighted by Gasteiger charge is 2.12. The van der Waals surface area contributed by atoms with Crippen LogP contribution in [0.5, 0.6) is 11.5 Å². The summed E-state index contributed by atoms with van der Waals surface area (Å²) in [5, 5.41) is 19.4. The van der Waals surface area contributed by atoms with Crippen molar-refractivity contribution in [1.82, 2.24) is 4.57 Å². The number of esters is 1. The molecule has 2 aromatic carbocycles. The molecule has 2 N–H and O–H groups in total. The Hall–Kier alpha value is -3.21. The summed E-state index contributed by atoms with van der Waals surface area (Å²) in [4.78, 5) is 11.8. The van der Waals surface area contributed by atoms with E-state index in [2.05, 4.69) is 0 Å². The van der Waals surface area contributed by atoms with Crippen molar-refractivity contribution in [2.24, 2.45) is 0 Å². The highest BCUT2D eigenvalue weighted by atomic mass is 16.5. The summed E-state index contributed by atoms with van der Waals surface area (Å²) in [6, 6.07) is 14.6. The van der Waals surface area contributed by atoms with E-state index in [4.69, 9.17) is 4.74 Å². The van der Waals surface area contributed by atoms with Crippen molar-refractivity contribution >= 4 is 5.97 Å². The first-order valence-electron chi connectivity index (χ1n) is 8.96. The predicted molar refractivity (Wildman–Crippen MR) is 104 cm³/mol. The Kier molecular flexibility index (Phi) is 5.81. The van der Waals surface area contributed by atoms with E-state index in [9.17, 15) is 15.0 Å². The van der Waals surface area contributed by atoms with Gasteiger partial charge in [0.25, 0.3) is 0 Å². The maximum atomic E-state index is 11.8. The number of aromatic nitrogens is 1. The number of aromatic hydroxyl groups is 2. The molecule has 0 aliphatic rings. The molecule has 0 saturated heterocycles. The van der Waals surface area contributed by atoms with Gasteiger partial charge < -0.3 is 19.5 Å². The van der Waals surface area contributed by atoms with Crippen LogP contribution in [0.1, 0.15) is 24.5 Å². The molecule has 3 rings (SSSR count). The summed E-state index contributed by atoms with van der Waals surface area (Å²) in [7, 11) is 0.